The Balaban J connectivity index is 1.53. The molecule has 31 heavy (non-hydrogen) atoms. The lowest BCUT2D eigenvalue weighted by Crippen LogP contribution is -2.34. The van der Waals surface area contributed by atoms with E-state index in [0.29, 0.717) is 31.2 Å². The highest BCUT2D eigenvalue weighted by Gasteiger charge is 2.17. The molecule has 1 N–H and O–H groups in total. The molecule has 168 valence electrons. The normalized spacial score (nSPS) is 15.5. The van der Waals surface area contributed by atoms with E-state index >= 15 is 0 Å². The zero-order valence-electron chi connectivity index (χ0n) is 18.2. The Hall–Kier alpha value is -2.87. The number of amides is 1. The lowest BCUT2D eigenvalue weighted by atomic mass is 10.1. The summed E-state index contributed by atoms with van der Waals surface area (Å²) in [5.74, 6) is 1.16. The van der Waals surface area contributed by atoms with Crippen molar-refractivity contribution in [2.75, 3.05) is 26.4 Å². The number of halogens is 1. The molecule has 0 unspecified atom stereocenters. The third-order valence-corrected chi connectivity index (χ3v) is 4.53. The second kappa shape index (κ2) is 10.4. The van der Waals surface area contributed by atoms with Gasteiger partial charge < -0.3 is 24.3 Å². The smallest absolute Gasteiger partial charge is 0.407 e. The van der Waals surface area contributed by atoms with E-state index in [-0.39, 0.29) is 24.8 Å². The van der Waals surface area contributed by atoms with Crippen LogP contribution >= 0.6 is 0 Å². The standard InChI is InChI=1S/C23H29FN2O5/c1-23(2,3)31-22(27)25-14-16(13-24)15-29-19-5-6-20-17(12-19)4-7-21(26-20)30-18-8-10-28-11-9-18/h4-7,12-13,18H,8-11,14-15H2,1-3H3,(H,25,27)/b16-13+. The highest BCUT2D eigenvalue weighted by atomic mass is 19.1. The van der Waals surface area contributed by atoms with Gasteiger partial charge in [0.05, 0.1) is 25.1 Å². The molecule has 1 aliphatic heterocycles. The van der Waals surface area contributed by atoms with Crippen LogP contribution in [-0.2, 0) is 9.47 Å². The van der Waals surface area contributed by atoms with Gasteiger partial charge in [0.15, 0.2) is 0 Å². The van der Waals surface area contributed by atoms with Gasteiger partial charge in [0, 0.05) is 36.4 Å². The van der Waals surface area contributed by atoms with Crippen LogP contribution in [-0.4, -0.2) is 49.1 Å². The molecule has 0 spiro atoms. The van der Waals surface area contributed by atoms with Gasteiger partial charge in [-0.25, -0.2) is 14.2 Å². The maximum absolute atomic E-state index is 13.2. The number of benzene rings is 1. The van der Waals surface area contributed by atoms with Crippen LogP contribution in [0, 0.1) is 0 Å². The molecule has 2 heterocycles. The van der Waals surface area contributed by atoms with Crippen LogP contribution in [0.15, 0.2) is 42.2 Å². The van der Waals surface area contributed by atoms with Crippen molar-refractivity contribution in [1.82, 2.24) is 10.3 Å². The van der Waals surface area contributed by atoms with Crippen LogP contribution in [0.2, 0.25) is 0 Å². The quantitative estimate of drug-likeness (QED) is 0.692. The van der Waals surface area contributed by atoms with Crippen LogP contribution in [0.25, 0.3) is 10.9 Å². The van der Waals surface area contributed by atoms with Crippen LogP contribution in [0.4, 0.5) is 9.18 Å². The SMILES string of the molecule is CC(C)(C)OC(=O)NC/C(=C\F)COc1ccc2nc(OC3CCOCC3)ccc2c1. The number of ether oxygens (including phenoxy) is 4. The molecule has 0 aliphatic carbocycles. The van der Waals surface area contributed by atoms with E-state index in [4.69, 9.17) is 18.9 Å². The van der Waals surface area contributed by atoms with Crippen molar-refractivity contribution in [1.29, 1.82) is 0 Å². The molecule has 1 amide bonds. The second-order valence-electron chi connectivity index (χ2n) is 8.35. The molecule has 0 bridgehead atoms. The molecule has 0 saturated carbocycles. The average Bonchev–Trinajstić information content (AvgIpc) is 2.73. The first kappa shape index (κ1) is 22.8. The minimum Gasteiger partial charge on any atom is -0.489 e. The Bertz CT molecular complexity index is 920. The van der Waals surface area contributed by atoms with E-state index in [0.717, 1.165) is 23.7 Å². The monoisotopic (exact) mass is 432 g/mol. The fraction of sp³-hybridized carbons (Fsp3) is 0.478. The number of rotatable bonds is 7. The predicted molar refractivity (Wildman–Crippen MR) is 115 cm³/mol. The van der Waals surface area contributed by atoms with Gasteiger partial charge in [0.25, 0.3) is 0 Å². The number of carbonyl (C=O) groups excluding carboxylic acids is 1. The number of hydrogen-bond donors (Lipinski definition) is 1. The van der Waals surface area contributed by atoms with E-state index in [1.54, 1.807) is 26.8 Å². The Morgan fingerprint density at radius 2 is 2.03 bits per heavy atom. The summed E-state index contributed by atoms with van der Waals surface area (Å²) >= 11 is 0. The molecule has 8 heteroatoms. The molecule has 7 nitrogen and oxygen atoms in total. The maximum Gasteiger partial charge on any atom is 0.407 e. The molecule has 2 aromatic rings. The molecule has 1 saturated heterocycles. The highest BCUT2D eigenvalue weighted by molar-refractivity contribution is 5.80. The van der Waals surface area contributed by atoms with Crippen LogP contribution < -0.4 is 14.8 Å². The summed E-state index contributed by atoms with van der Waals surface area (Å²) in [5, 5.41) is 3.40. The van der Waals surface area contributed by atoms with Crippen LogP contribution in [0.1, 0.15) is 33.6 Å². The largest absolute Gasteiger partial charge is 0.489 e. The van der Waals surface area contributed by atoms with Gasteiger partial charge in [-0.05, 0) is 45.0 Å². The summed E-state index contributed by atoms with van der Waals surface area (Å²) in [7, 11) is 0. The molecular formula is C23H29FN2O5. The Kier molecular flexibility index (Phi) is 7.68. The number of fused-ring (bicyclic) bond motifs is 1. The van der Waals surface area contributed by atoms with E-state index in [1.807, 2.05) is 24.3 Å². The van der Waals surface area contributed by atoms with Crippen molar-refractivity contribution in [2.45, 2.75) is 45.3 Å². The summed E-state index contributed by atoms with van der Waals surface area (Å²) in [6, 6.07) is 9.18. The van der Waals surface area contributed by atoms with Gasteiger partial charge in [0.1, 0.15) is 24.1 Å². The molecule has 1 fully saturated rings. The molecular weight excluding hydrogens is 403 g/mol. The van der Waals surface area contributed by atoms with E-state index < -0.39 is 11.7 Å². The fourth-order valence-corrected chi connectivity index (χ4v) is 3.00. The summed E-state index contributed by atoms with van der Waals surface area (Å²) in [6.07, 6.45) is 1.67. The minimum absolute atomic E-state index is 0.00379. The lowest BCUT2D eigenvalue weighted by Gasteiger charge is -2.22. The zero-order chi connectivity index (χ0) is 22.3. The topological polar surface area (TPSA) is 78.9 Å². The van der Waals surface area contributed by atoms with Crippen molar-refractivity contribution >= 4 is 17.0 Å². The highest BCUT2D eigenvalue weighted by Crippen LogP contribution is 2.24. The first-order valence-electron chi connectivity index (χ1n) is 10.4. The summed E-state index contributed by atoms with van der Waals surface area (Å²) < 4.78 is 35.3. The Morgan fingerprint density at radius 1 is 1.26 bits per heavy atom. The van der Waals surface area contributed by atoms with Gasteiger partial charge in [-0.2, -0.15) is 0 Å². The number of nitrogens with one attached hydrogen (secondary N) is 1. The van der Waals surface area contributed by atoms with Crippen molar-refractivity contribution in [3.63, 3.8) is 0 Å². The molecule has 0 atom stereocenters. The lowest BCUT2D eigenvalue weighted by molar-refractivity contribution is 0.0239. The van der Waals surface area contributed by atoms with E-state index in [2.05, 4.69) is 10.3 Å². The van der Waals surface area contributed by atoms with Crippen LogP contribution in [0.3, 0.4) is 0 Å². The number of alkyl carbamates (subject to hydrolysis) is 1. The molecule has 0 radical (unpaired) electrons. The second-order valence-corrected chi connectivity index (χ2v) is 8.35. The fourth-order valence-electron chi connectivity index (χ4n) is 3.00. The average molecular weight is 432 g/mol. The third kappa shape index (κ3) is 7.40. The number of carbonyl (C=O) groups is 1. The number of nitrogens with zero attached hydrogens (tertiary/aromatic N) is 1. The van der Waals surface area contributed by atoms with Gasteiger partial charge in [-0.3, -0.25) is 0 Å². The summed E-state index contributed by atoms with van der Waals surface area (Å²) in [5.41, 5.74) is 0.448. The van der Waals surface area contributed by atoms with E-state index in [1.165, 1.54) is 0 Å². The molecule has 3 rings (SSSR count). The van der Waals surface area contributed by atoms with Gasteiger partial charge in [-0.1, -0.05) is 0 Å². The molecule has 1 aromatic heterocycles. The summed E-state index contributed by atoms with van der Waals surface area (Å²) in [4.78, 5) is 16.3. The first-order valence-corrected chi connectivity index (χ1v) is 10.4. The van der Waals surface area contributed by atoms with Crippen LogP contribution in [0.5, 0.6) is 11.6 Å². The Labute approximate surface area is 181 Å². The molecule has 1 aliphatic rings. The number of pyridine rings is 1. The van der Waals surface area contributed by atoms with Crippen molar-refractivity contribution in [3.8, 4) is 11.6 Å². The van der Waals surface area contributed by atoms with Crippen molar-refractivity contribution in [3.05, 3.63) is 42.2 Å². The maximum atomic E-state index is 13.2. The Morgan fingerprint density at radius 3 is 2.74 bits per heavy atom. The number of aromatic nitrogens is 1. The molecule has 1 aromatic carbocycles. The minimum atomic E-state index is -0.616. The van der Waals surface area contributed by atoms with Crippen molar-refractivity contribution < 1.29 is 28.1 Å². The first-order chi connectivity index (χ1) is 14.8. The van der Waals surface area contributed by atoms with E-state index in [9.17, 15) is 9.18 Å². The van der Waals surface area contributed by atoms with Gasteiger partial charge in [-0.15, -0.1) is 0 Å². The summed E-state index contributed by atoms with van der Waals surface area (Å²) in [6.45, 7) is 6.69. The van der Waals surface area contributed by atoms with Crippen molar-refractivity contribution in [2.24, 2.45) is 0 Å². The third-order valence-electron chi connectivity index (χ3n) is 4.53. The van der Waals surface area contributed by atoms with Gasteiger partial charge in [0.2, 0.25) is 5.88 Å². The number of hydrogen-bond acceptors (Lipinski definition) is 6. The predicted octanol–water partition coefficient (Wildman–Crippen LogP) is 4.55. The van der Waals surface area contributed by atoms with Gasteiger partial charge >= 0.3 is 6.09 Å². The zero-order valence-corrected chi connectivity index (χ0v) is 18.2.